The van der Waals surface area contributed by atoms with E-state index in [4.69, 9.17) is 11.6 Å². The van der Waals surface area contributed by atoms with Crippen molar-refractivity contribution in [1.29, 1.82) is 0 Å². The molecule has 2 nitrogen and oxygen atoms in total. The van der Waals surface area contributed by atoms with E-state index in [2.05, 4.69) is 4.98 Å². The number of aromatic nitrogens is 2. The van der Waals surface area contributed by atoms with Crippen LogP contribution in [0.15, 0.2) is 30.3 Å². The fourth-order valence-corrected chi connectivity index (χ4v) is 4.17. The zero-order chi connectivity index (χ0) is 19.5. The van der Waals surface area contributed by atoms with E-state index in [9.17, 15) is 17.6 Å². The van der Waals surface area contributed by atoms with Gasteiger partial charge in [-0.15, -0.1) is 0 Å². The van der Waals surface area contributed by atoms with E-state index >= 15 is 0 Å². The van der Waals surface area contributed by atoms with Gasteiger partial charge in [0.2, 0.25) is 0 Å². The minimum Gasteiger partial charge on any atom is -0.295 e. The highest BCUT2D eigenvalue weighted by molar-refractivity contribution is 6.32. The van der Waals surface area contributed by atoms with Crippen molar-refractivity contribution in [2.45, 2.75) is 32.1 Å². The van der Waals surface area contributed by atoms with Crippen LogP contribution >= 0.6 is 11.6 Å². The molecule has 7 heteroatoms. The van der Waals surface area contributed by atoms with Crippen molar-refractivity contribution >= 4 is 11.6 Å². The van der Waals surface area contributed by atoms with Gasteiger partial charge in [0, 0.05) is 23.1 Å². The van der Waals surface area contributed by atoms with E-state index in [0.717, 1.165) is 18.2 Å². The summed E-state index contributed by atoms with van der Waals surface area (Å²) in [5, 5.41) is -0.107. The van der Waals surface area contributed by atoms with E-state index in [0.29, 0.717) is 35.6 Å². The highest BCUT2D eigenvalue weighted by atomic mass is 35.5. The number of benzene rings is 2. The van der Waals surface area contributed by atoms with Crippen LogP contribution in [0.5, 0.6) is 0 Å². The third kappa shape index (κ3) is 2.74. The smallest absolute Gasteiger partial charge is 0.151 e. The zero-order valence-electron chi connectivity index (χ0n) is 14.6. The fourth-order valence-electron chi connectivity index (χ4n) is 3.89. The highest BCUT2D eigenvalue weighted by Crippen LogP contribution is 2.56. The fraction of sp³-hybridized carbons (Fsp3) is 0.250. The van der Waals surface area contributed by atoms with Crippen molar-refractivity contribution in [3.63, 3.8) is 0 Å². The Hall–Kier alpha value is -2.34. The number of aryl methyl sites for hydroxylation is 2. The maximum atomic E-state index is 14.6. The summed E-state index contributed by atoms with van der Waals surface area (Å²) < 4.78 is 57.5. The summed E-state index contributed by atoms with van der Waals surface area (Å²) in [6, 6.07) is 5.22. The lowest BCUT2D eigenvalue weighted by molar-refractivity contribution is 0.555. The van der Waals surface area contributed by atoms with Gasteiger partial charge in [0.05, 0.1) is 16.4 Å². The predicted octanol–water partition coefficient (Wildman–Crippen LogP) is 5.78. The standard InChI is InChI=1S/C20H15ClF4N2/c1-10-19(20(5-6-20)14-4-3-12(22)8-16(14)24)27(11(2)26-10)18-15(21)7-13(23)9-17(18)25/h3-4,7-9H,5-6H2,1-2H3. The lowest BCUT2D eigenvalue weighted by atomic mass is 9.90. The van der Waals surface area contributed by atoms with Gasteiger partial charge >= 0.3 is 0 Å². The van der Waals surface area contributed by atoms with Crippen molar-refractivity contribution < 1.29 is 17.6 Å². The van der Waals surface area contributed by atoms with E-state index in [1.165, 1.54) is 16.7 Å². The summed E-state index contributed by atoms with van der Waals surface area (Å²) in [6.45, 7) is 3.42. The quantitative estimate of drug-likeness (QED) is 0.515. The molecule has 0 atom stereocenters. The second-order valence-corrected chi connectivity index (χ2v) is 7.26. The van der Waals surface area contributed by atoms with Crippen LogP contribution in [0.4, 0.5) is 17.6 Å². The van der Waals surface area contributed by atoms with Gasteiger partial charge in [0.1, 0.15) is 29.0 Å². The molecule has 0 radical (unpaired) electrons. The van der Waals surface area contributed by atoms with Gasteiger partial charge in [-0.05, 0) is 38.8 Å². The second kappa shape index (κ2) is 6.09. The first-order valence-corrected chi connectivity index (χ1v) is 8.79. The lowest BCUT2D eigenvalue weighted by Gasteiger charge is -2.22. The Morgan fingerprint density at radius 2 is 1.63 bits per heavy atom. The average molecular weight is 395 g/mol. The molecule has 1 aromatic heterocycles. The monoisotopic (exact) mass is 394 g/mol. The van der Waals surface area contributed by atoms with Crippen molar-refractivity contribution in [3.8, 4) is 5.69 Å². The lowest BCUT2D eigenvalue weighted by Crippen LogP contribution is -2.19. The second-order valence-electron chi connectivity index (χ2n) is 6.85. The van der Waals surface area contributed by atoms with Gasteiger partial charge in [0.15, 0.2) is 5.82 Å². The highest BCUT2D eigenvalue weighted by Gasteiger charge is 2.51. The Morgan fingerprint density at radius 1 is 0.963 bits per heavy atom. The summed E-state index contributed by atoms with van der Waals surface area (Å²) in [4.78, 5) is 4.42. The Labute approximate surface area is 158 Å². The molecule has 27 heavy (non-hydrogen) atoms. The first-order valence-electron chi connectivity index (χ1n) is 8.41. The SMILES string of the molecule is Cc1nc(C)n(-c2c(F)cc(F)cc2Cl)c1C1(c2ccc(F)cc2F)CC1. The van der Waals surface area contributed by atoms with Crippen LogP contribution in [0.2, 0.25) is 5.02 Å². The van der Waals surface area contributed by atoms with Gasteiger partial charge in [-0.2, -0.15) is 0 Å². The van der Waals surface area contributed by atoms with Gasteiger partial charge < -0.3 is 0 Å². The maximum absolute atomic E-state index is 14.6. The van der Waals surface area contributed by atoms with Crippen LogP contribution in [0.3, 0.4) is 0 Å². The van der Waals surface area contributed by atoms with Crippen LogP contribution in [0, 0.1) is 37.1 Å². The van der Waals surface area contributed by atoms with Crippen molar-refractivity contribution in [2.75, 3.05) is 0 Å². The van der Waals surface area contributed by atoms with E-state index in [1.54, 1.807) is 13.8 Å². The molecule has 3 aromatic rings. The number of nitrogens with zero attached hydrogens (tertiary/aromatic N) is 2. The van der Waals surface area contributed by atoms with Crippen molar-refractivity contribution in [3.05, 3.63) is 81.4 Å². The summed E-state index contributed by atoms with van der Waals surface area (Å²) in [5.41, 5.74) is 0.714. The first-order chi connectivity index (χ1) is 12.7. The van der Waals surface area contributed by atoms with Gasteiger partial charge in [-0.3, -0.25) is 4.57 Å². The molecule has 0 amide bonds. The Bertz CT molecular complexity index is 1050. The van der Waals surface area contributed by atoms with Crippen molar-refractivity contribution in [1.82, 2.24) is 9.55 Å². The van der Waals surface area contributed by atoms with Crippen LogP contribution in [-0.4, -0.2) is 9.55 Å². The molecule has 140 valence electrons. The molecule has 1 fully saturated rings. The summed E-state index contributed by atoms with van der Waals surface area (Å²) in [6.07, 6.45) is 1.20. The number of imidazole rings is 1. The Balaban J connectivity index is 1.99. The number of hydrogen-bond acceptors (Lipinski definition) is 1. The predicted molar refractivity (Wildman–Crippen MR) is 94.3 cm³/mol. The molecule has 0 spiro atoms. The summed E-state index contributed by atoms with van der Waals surface area (Å²) >= 11 is 6.14. The van der Waals surface area contributed by atoms with Crippen LogP contribution in [0.1, 0.15) is 35.6 Å². The van der Waals surface area contributed by atoms with Crippen LogP contribution < -0.4 is 0 Å². The van der Waals surface area contributed by atoms with Crippen LogP contribution in [-0.2, 0) is 5.41 Å². The number of hydrogen-bond donors (Lipinski definition) is 0. The summed E-state index contributed by atoms with van der Waals surface area (Å²) in [5.74, 6) is -2.51. The van der Waals surface area contributed by atoms with Crippen LogP contribution in [0.25, 0.3) is 5.69 Å². The molecule has 1 saturated carbocycles. The molecule has 0 aliphatic heterocycles. The molecule has 2 aromatic carbocycles. The maximum Gasteiger partial charge on any atom is 0.151 e. The molecule has 0 bridgehead atoms. The molecular formula is C20H15ClF4N2. The molecule has 0 unspecified atom stereocenters. The van der Waals surface area contributed by atoms with E-state index in [1.807, 2.05) is 0 Å². The summed E-state index contributed by atoms with van der Waals surface area (Å²) in [7, 11) is 0. The van der Waals surface area contributed by atoms with Gasteiger partial charge in [0.25, 0.3) is 0 Å². The molecule has 4 rings (SSSR count). The molecule has 0 N–H and O–H groups in total. The first kappa shape index (κ1) is 18.0. The molecule has 0 saturated heterocycles. The molecule has 1 aliphatic carbocycles. The average Bonchev–Trinajstić information content (AvgIpc) is 3.28. The van der Waals surface area contributed by atoms with Crippen molar-refractivity contribution in [2.24, 2.45) is 0 Å². The number of rotatable bonds is 3. The molecule has 1 heterocycles. The van der Waals surface area contributed by atoms with Gasteiger partial charge in [-0.25, -0.2) is 22.5 Å². The van der Waals surface area contributed by atoms with E-state index < -0.39 is 28.7 Å². The molecule has 1 aliphatic rings. The minimum atomic E-state index is -0.836. The third-order valence-electron chi connectivity index (χ3n) is 5.07. The zero-order valence-corrected chi connectivity index (χ0v) is 15.3. The van der Waals surface area contributed by atoms with Gasteiger partial charge in [-0.1, -0.05) is 17.7 Å². The Morgan fingerprint density at radius 3 is 2.22 bits per heavy atom. The topological polar surface area (TPSA) is 17.8 Å². The molecular weight excluding hydrogens is 380 g/mol. The minimum absolute atomic E-state index is 0.0278. The third-order valence-corrected chi connectivity index (χ3v) is 5.36. The Kier molecular flexibility index (Phi) is 4.07. The number of halogens is 5. The van der Waals surface area contributed by atoms with E-state index in [-0.39, 0.29) is 10.7 Å². The normalized spacial score (nSPS) is 15.2. The largest absolute Gasteiger partial charge is 0.295 e.